The van der Waals surface area contributed by atoms with E-state index >= 15 is 0 Å². The van der Waals surface area contributed by atoms with Crippen molar-refractivity contribution in [1.82, 2.24) is 0 Å². The van der Waals surface area contributed by atoms with E-state index in [0.717, 1.165) is 93.5 Å². The second kappa shape index (κ2) is 17.6. The van der Waals surface area contributed by atoms with E-state index in [1.54, 1.807) is 39.6 Å². The van der Waals surface area contributed by atoms with Crippen LogP contribution in [0.25, 0.3) is 11.5 Å². The Kier molecular flexibility index (Phi) is 11.8. The Morgan fingerprint density at radius 3 is 1.23 bits per heavy atom. The van der Waals surface area contributed by atoms with Crippen molar-refractivity contribution >= 4 is 11.5 Å². The van der Waals surface area contributed by atoms with Gasteiger partial charge in [-0.2, -0.15) is 4.89 Å². The van der Waals surface area contributed by atoms with Gasteiger partial charge < -0.3 is 28.4 Å². The smallest absolute Gasteiger partial charge is 0.260 e. The average Bonchev–Trinajstić information content (AvgIpc) is 3.31. The standard InChI is InChI=1S/C19H24O4.2C19H24O2/c1-20-17-5-3-14(4-6-17)19(21-2)18(22-23-19)15-8-12-7-13(10-15)11-16(18)9-12;1-20-17-5-3-14(4-6-17)19(21-2)18-15-8-12-7-13(10-15)11-16(18)9-12;1-20-17-5-3-4-14(11-17)19(21-2)18-15-7-12-6-13(9-15)10-16(18)8-12/h3-6,12-13,15-16H,7-11H2,1-2H3;3-6,12-13,15-16H,7-11H2,1-2H3;3-5,11-13,15-16H,6-10H2,1-2H3. The van der Waals surface area contributed by atoms with Gasteiger partial charge in [-0.1, -0.05) is 12.1 Å². The van der Waals surface area contributed by atoms with Crippen LogP contribution in [-0.2, 0) is 29.8 Å². The summed E-state index contributed by atoms with van der Waals surface area (Å²) in [5.74, 6) is 14.1. The molecule has 1 atom stereocenters. The molecule has 13 aliphatic rings. The fourth-order valence-corrected chi connectivity index (χ4v) is 16.6. The highest BCUT2D eigenvalue weighted by Crippen LogP contribution is 2.69. The van der Waals surface area contributed by atoms with Crippen molar-refractivity contribution in [2.24, 2.45) is 71.0 Å². The Morgan fingerprint density at radius 2 is 0.846 bits per heavy atom. The van der Waals surface area contributed by atoms with Crippen molar-refractivity contribution in [1.29, 1.82) is 0 Å². The molecule has 65 heavy (non-hydrogen) atoms. The molecule has 1 heterocycles. The summed E-state index contributed by atoms with van der Waals surface area (Å²) in [5, 5.41) is 0. The zero-order valence-corrected chi connectivity index (χ0v) is 39.7. The molecular formula is C57H72O8. The first-order valence-corrected chi connectivity index (χ1v) is 25.2. The van der Waals surface area contributed by atoms with Crippen LogP contribution in [-0.4, -0.2) is 48.3 Å². The van der Waals surface area contributed by atoms with Gasteiger partial charge in [-0.25, -0.2) is 4.89 Å². The first-order chi connectivity index (χ1) is 31.8. The Bertz CT molecular complexity index is 2150. The summed E-state index contributed by atoms with van der Waals surface area (Å²) in [4.78, 5) is 11.7. The van der Waals surface area contributed by atoms with Crippen LogP contribution in [0.1, 0.15) is 113 Å². The van der Waals surface area contributed by atoms with Crippen LogP contribution in [0.2, 0.25) is 0 Å². The first-order valence-electron chi connectivity index (χ1n) is 25.2. The fourth-order valence-electron chi connectivity index (χ4n) is 16.6. The van der Waals surface area contributed by atoms with Crippen LogP contribution in [0.5, 0.6) is 17.2 Å². The molecular weight excluding hydrogens is 813 g/mol. The fraction of sp³-hybridized carbons (Fsp3) is 0.614. The van der Waals surface area contributed by atoms with Gasteiger partial charge in [0, 0.05) is 23.8 Å². The summed E-state index contributed by atoms with van der Waals surface area (Å²) >= 11 is 0. The number of ether oxygens (including phenoxy) is 6. The van der Waals surface area contributed by atoms with Crippen LogP contribution >= 0.6 is 0 Å². The molecule has 8 nitrogen and oxygen atoms in total. The molecule has 16 rings (SSSR count). The third-order valence-corrected chi connectivity index (χ3v) is 18.6. The number of allylic oxidation sites excluding steroid dienone is 2. The highest BCUT2D eigenvalue weighted by molar-refractivity contribution is 5.67. The topological polar surface area (TPSA) is 73.8 Å². The van der Waals surface area contributed by atoms with Crippen LogP contribution < -0.4 is 14.2 Å². The molecule has 3 aromatic carbocycles. The molecule has 1 unspecified atom stereocenters. The average molecular weight is 885 g/mol. The molecule has 0 amide bonds. The Hall–Kier alpha value is -3.98. The number of hydrogen-bond donors (Lipinski definition) is 0. The normalized spacial score (nSPS) is 38.0. The van der Waals surface area contributed by atoms with Gasteiger partial charge in [0.25, 0.3) is 5.79 Å². The minimum atomic E-state index is -0.762. The second-order valence-corrected chi connectivity index (χ2v) is 21.9. The minimum absolute atomic E-state index is 0.302. The van der Waals surface area contributed by atoms with E-state index in [4.69, 9.17) is 38.2 Å². The molecule has 0 aromatic heterocycles. The van der Waals surface area contributed by atoms with E-state index in [2.05, 4.69) is 42.5 Å². The van der Waals surface area contributed by atoms with Gasteiger partial charge in [0.1, 0.15) is 28.8 Å². The van der Waals surface area contributed by atoms with Crippen molar-refractivity contribution in [3.8, 4) is 17.2 Å². The lowest BCUT2D eigenvalue weighted by atomic mass is 9.47. The van der Waals surface area contributed by atoms with Crippen molar-refractivity contribution < 1.29 is 38.2 Å². The summed E-state index contributed by atoms with van der Waals surface area (Å²) < 4.78 is 33.7. The Labute approximate surface area is 387 Å². The molecule has 0 radical (unpaired) electrons. The number of benzene rings is 3. The second-order valence-electron chi connectivity index (χ2n) is 21.9. The first kappa shape index (κ1) is 43.6. The van der Waals surface area contributed by atoms with Gasteiger partial charge in [-0.15, -0.1) is 0 Å². The van der Waals surface area contributed by atoms with Crippen molar-refractivity contribution in [2.75, 3.05) is 42.7 Å². The Balaban J connectivity index is 0.000000108. The molecule has 12 saturated carbocycles. The zero-order chi connectivity index (χ0) is 44.5. The largest absolute Gasteiger partial charge is 0.497 e. The van der Waals surface area contributed by atoms with E-state index in [9.17, 15) is 0 Å². The van der Waals surface area contributed by atoms with Gasteiger partial charge in [0.05, 0.1) is 35.5 Å². The molecule has 1 saturated heterocycles. The predicted molar refractivity (Wildman–Crippen MR) is 252 cm³/mol. The maximum atomic E-state index is 6.03. The molecule has 3 aromatic rings. The van der Waals surface area contributed by atoms with E-state index in [0.29, 0.717) is 11.8 Å². The number of methoxy groups -OCH3 is 6. The minimum Gasteiger partial charge on any atom is -0.497 e. The molecule has 13 fully saturated rings. The number of hydrogen-bond acceptors (Lipinski definition) is 8. The predicted octanol–water partition coefficient (Wildman–Crippen LogP) is 12.7. The zero-order valence-electron chi connectivity index (χ0n) is 39.7. The van der Waals surface area contributed by atoms with E-state index in [1.165, 1.54) is 107 Å². The third-order valence-electron chi connectivity index (χ3n) is 18.6. The molecule has 12 aliphatic carbocycles. The van der Waals surface area contributed by atoms with Crippen molar-refractivity contribution in [3.63, 3.8) is 0 Å². The molecule has 1 spiro atoms. The highest BCUT2D eigenvalue weighted by atomic mass is 17.3. The van der Waals surface area contributed by atoms with Gasteiger partial charge in [-0.3, -0.25) is 0 Å². The van der Waals surface area contributed by atoms with Gasteiger partial charge in [0.2, 0.25) is 0 Å². The SMILES string of the molecule is COC(=C1C2CC3CC(C2)CC1C3)c1ccc(OC)cc1.COC(=C1C2CC3CC(C2)CC1C3)c1cccc(OC)c1.COc1ccc(C2(OC)OOC23C2CC4CC(C2)CC3C4)cc1. The van der Waals surface area contributed by atoms with Gasteiger partial charge in [-0.05, 0) is 239 Å². The van der Waals surface area contributed by atoms with E-state index < -0.39 is 5.79 Å². The maximum Gasteiger partial charge on any atom is 0.260 e. The molecule has 348 valence electrons. The van der Waals surface area contributed by atoms with Crippen LogP contribution in [0.4, 0.5) is 0 Å². The summed E-state index contributed by atoms with van der Waals surface area (Å²) in [6.45, 7) is 0. The van der Waals surface area contributed by atoms with Crippen molar-refractivity contribution in [2.45, 2.75) is 108 Å². The molecule has 0 N–H and O–H groups in total. The quantitative estimate of drug-likeness (QED) is 0.155. The lowest BCUT2D eigenvalue weighted by Crippen LogP contribution is -2.76. The van der Waals surface area contributed by atoms with Gasteiger partial charge >= 0.3 is 0 Å². The van der Waals surface area contributed by atoms with E-state index in [-0.39, 0.29) is 5.60 Å². The number of rotatable bonds is 9. The lowest BCUT2D eigenvalue weighted by Gasteiger charge is -2.68. The monoisotopic (exact) mass is 885 g/mol. The molecule has 12 bridgehead atoms. The van der Waals surface area contributed by atoms with Gasteiger partial charge in [0.15, 0.2) is 5.60 Å². The summed E-state index contributed by atoms with van der Waals surface area (Å²) in [6, 6.07) is 24.7. The van der Waals surface area contributed by atoms with Crippen molar-refractivity contribution in [3.05, 3.63) is 101 Å². The Morgan fingerprint density at radius 1 is 0.431 bits per heavy atom. The summed E-state index contributed by atoms with van der Waals surface area (Å²) in [7, 11) is 10.5. The van der Waals surface area contributed by atoms with E-state index in [1.807, 2.05) is 44.6 Å². The molecule has 8 heteroatoms. The van der Waals surface area contributed by atoms with Crippen LogP contribution in [0, 0.1) is 71.0 Å². The maximum absolute atomic E-state index is 6.03. The van der Waals surface area contributed by atoms with Crippen LogP contribution in [0.15, 0.2) is 83.9 Å². The molecule has 1 aliphatic heterocycles. The third kappa shape index (κ3) is 7.42. The van der Waals surface area contributed by atoms with Crippen LogP contribution in [0.3, 0.4) is 0 Å². The summed E-state index contributed by atoms with van der Waals surface area (Å²) in [6.07, 6.45) is 20.6. The highest BCUT2D eigenvalue weighted by Gasteiger charge is 2.76. The lowest BCUT2D eigenvalue weighted by molar-refractivity contribution is -0.645. The summed E-state index contributed by atoms with van der Waals surface area (Å²) in [5.41, 5.74) is 6.36.